The van der Waals surface area contributed by atoms with Gasteiger partial charge in [-0.1, -0.05) is 12.1 Å². The molecule has 1 aromatic rings. The van der Waals surface area contributed by atoms with E-state index in [9.17, 15) is 0 Å². The van der Waals surface area contributed by atoms with Crippen LogP contribution in [0.3, 0.4) is 0 Å². The molecule has 2 heteroatoms. The molecule has 4 saturated carbocycles. The zero-order chi connectivity index (χ0) is 15.2. The van der Waals surface area contributed by atoms with Crippen LogP contribution in [0.1, 0.15) is 51.0 Å². The van der Waals surface area contributed by atoms with E-state index < -0.39 is 0 Å². The molecule has 0 amide bonds. The van der Waals surface area contributed by atoms with E-state index in [0.29, 0.717) is 11.5 Å². The fourth-order valence-corrected chi connectivity index (χ4v) is 5.98. The van der Waals surface area contributed by atoms with Crippen LogP contribution in [0.25, 0.3) is 0 Å². The van der Waals surface area contributed by atoms with Crippen LogP contribution in [0.15, 0.2) is 24.3 Å². The molecule has 120 valence electrons. The summed E-state index contributed by atoms with van der Waals surface area (Å²) in [5.74, 6) is 4.06. The first-order chi connectivity index (χ1) is 10.7. The van der Waals surface area contributed by atoms with Crippen molar-refractivity contribution in [2.24, 2.45) is 23.2 Å². The van der Waals surface area contributed by atoms with Gasteiger partial charge in [0.15, 0.2) is 0 Å². The van der Waals surface area contributed by atoms with Gasteiger partial charge in [0.25, 0.3) is 0 Å². The molecule has 0 aliphatic heterocycles. The Bertz CT molecular complexity index is 503. The minimum Gasteiger partial charge on any atom is -0.497 e. The molecule has 4 aliphatic rings. The topological polar surface area (TPSA) is 21.3 Å². The van der Waals surface area contributed by atoms with E-state index in [4.69, 9.17) is 4.74 Å². The summed E-state index contributed by atoms with van der Waals surface area (Å²) in [7, 11) is 1.74. The van der Waals surface area contributed by atoms with Gasteiger partial charge in [0.05, 0.1) is 7.11 Å². The molecule has 0 saturated heterocycles. The lowest BCUT2D eigenvalue weighted by molar-refractivity contribution is -0.0706. The third-order valence-electron chi connectivity index (χ3n) is 6.75. The van der Waals surface area contributed by atoms with E-state index in [0.717, 1.165) is 30.0 Å². The highest BCUT2D eigenvalue weighted by Gasteiger charge is 2.52. The highest BCUT2D eigenvalue weighted by Crippen LogP contribution is 2.61. The highest BCUT2D eigenvalue weighted by molar-refractivity contribution is 5.28. The van der Waals surface area contributed by atoms with E-state index in [2.05, 4.69) is 30.4 Å². The lowest BCUT2D eigenvalue weighted by atomic mass is 9.48. The molecule has 0 radical (unpaired) electrons. The van der Waals surface area contributed by atoms with Crippen molar-refractivity contribution in [2.45, 2.75) is 58.0 Å². The van der Waals surface area contributed by atoms with Gasteiger partial charge in [-0.25, -0.2) is 0 Å². The molecule has 22 heavy (non-hydrogen) atoms. The molecule has 4 fully saturated rings. The fourth-order valence-electron chi connectivity index (χ4n) is 5.98. The number of hydrogen-bond acceptors (Lipinski definition) is 2. The second-order valence-corrected chi connectivity index (χ2v) is 8.23. The maximum atomic E-state index is 5.33. The van der Waals surface area contributed by atoms with Crippen LogP contribution in [0.2, 0.25) is 0 Å². The third-order valence-corrected chi connectivity index (χ3v) is 6.75. The molecule has 0 aromatic heterocycles. The molecule has 0 heterocycles. The van der Waals surface area contributed by atoms with E-state index >= 15 is 0 Å². The zero-order valence-corrected chi connectivity index (χ0v) is 14.0. The monoisotopic (exact) mass is 299 g/mol. The summed E-state index contributed by atoms with van der Waals surface area (Å²) in [5.41, 5.74) is 1.92. The fraction of sp³-hybridized carbons (Fsp3) is 0.700. The van der Waals surface area contributed by atoms with Gasteiger partial charge in [0.1, 0.15) is 5.75 Å². The second kappa shape index (κ2) is 5.56. The van der Waals surface area contributed by atoms with Crippen molar-refractivity contribution in [2.75, 3.05) is 7.11 Å². The third kappa shape index (κ3) is 2.56. The highest BCUT2D eigenvalue weighted by atomic mass is 16.5. The predicted octanol–water partition coefficient (Wildman–Crippen LogP) is 4.39. The molecule has 5 rings (SSSR count). The molecule has 0 spiro atoms. The quantitative estimate of drug-likeness (QED) is 0.870. The molecule has 4 aliphatic carbocycles. The number of hydrogen-bond donors (Lipinski definition) is 1. The summed E-state index contributed by atoms with van der Waals surface area (Å²) < 4.78 is 5.33. The molecule has 2 nitrogen and oxygen atoms in total. The average molecular weight is 299 g/mol. The Morgan fingerprint density at radius 3 is 2.36 bits per heavy atom. The van der Waals surface area contributed by atoms with E-state index in [1.54, 1.807) is 7.11 Å². The smallest absolute Gasteiger partial charge is 0.119 e. The summed E-state index contributed by atoms with van der Waals surface area (Å²) in [6.45, 7) is 3.40. The normalized spacial score (nSPS) is 37.3. The van der Waals surface area contributed by atoms with Gasteiger partial charge in [0.2, 0.25) is 0 Å². The van der Waals surface area contributed by atoms with Crippen molar-refractivity contribution in [1.29, 1.82) is 0 Å². The SMILES string of the molecule is COc1cccc(CNC(C)C23CC4CC(CC(C4)C2)C3)c1. The van der Waals surface area contributed by atoms with Gasteiger partial charge < -0.3 is 10.1 Å². The summed E-state index contributed by atoms with van der Waals surface area (Å²) in [6, 6.07) is 9.09. The number of rotatable bonds is 5. The summed E-state index contributed by atoms with van der Waals surface area (Å²) in [4.78, 5) is 0. The number of methoxy groups -OCH3 is 1. The summed E-state index contributed by atoms with van der Waals surface area (Å²) >= 11 is 0. The number of benzene rings is 1. The van der Waals surface area contributed by atoms with Crippen LogP contribution in [0, 0.1) is 23.2 Å². The van der Waals surface area contributed by atoms with Crippen LogP contribution in [-0.2, 0) is 6.54 Å². The Kier molecular flexibility index (Phi) is 3.68. The van der Waals surface area contributed by atoms with Crippen molar-refractivity contribution < 1.29 is 4.74 Å². The van der Waals surface area contributed by atoms with Gasteiger partial charge >= 0.3 is 0 Å². The second-order valence-electron chi connectivity index (χ2n) is 8.23. The van der Waals surface area contributed by atoms with E-state index in [1.807, 2.05) is 6.07 Å². The molecular weight excluding hydrogens is 270 g/mol. The lowest BCUT2D eigenvalue weighted by Gasteiger charge is -2.59. The first-order valence-corrected chi connectivity index (χ1v) is 9.03. The van der Waals surface area contributed by atoms with Gasteiger partial charge in [-0.05, 0) is 86.3 Å². The standard InChI is InChI=1S/C20H29NO/c1-14(21-13-15-4-3-5-19(9-15)22-2)20-10-16-6-17(11-20)8-18(7-16)12-20/h3-5,9,14,16-18,21H,6-8,10-13H2,1-2H3. The molecule has 1 atom stereocenters. The number of nitrogens with one attached hydrogen (secondary N) is 1. The van der Waals surface area contributed by atoms with Crippen molar-refractivity contribution in [1.82, 2.24) is 5.32 Å². The largest absolute Gasteiger partial charge is 0.497 e. The number of ether oxygens (including phenoxy) is 1. The Labute approximate surface area is 134 Å². The van der Waals surface area contributed by atoms with Gasteiger partial charge in [-0.15, -0.1) is 0 Å². The van der Waals surface area contributed by atoms with Crippen molar-refractivity contribution >= 4 is 0 Å². The van der Waals surface area contributed by atoms with Crippen molar-refractivity contribution in [3.63, 3.8) is 0 Å². The minimum atomic E-state index is 0.591. The molecule has 1 aromatic carbocycles. The molecule has 1 unspecified atom stereocenters. The van der Waals surface area contributed by atoms with Crippen LogP contribution < -0.4 is 10.1 Å². The van der Waals surface area contributed by atoms with Crippen molar-refractivity contribution in [3.8, 4) is 5.75 Å². The first-order valence-electron chi connectivity index (χ1n) is 9.03. The van der Waals surface area contributed by atoms with Crippen LogP contribution in [-0.4, -0.2) is 13.2 Å². The molecule has 4 bridgehead atoms. The maximum Gasteiger partial charge on any atom is 0.119 e. The first kappa shape index (κ1) is 14.6. The summed E-state index contributed by atoms with van der Waals surface area (Å²) in [5, 5.41) is 3.85. The zero-order valence-electron chi connectivity index (χ0n) is 14.0. The van der Waals surface area contributed by atoms with Crippen LogP contribution >= 0.6 is 0 Å². The van der Waals surface area contributed by atoms with Gasteiger partial charge in [-0.3, -0.25) is 0 Å². The van der Waals surface area contributed by atoms with Crippen LogP contribution in [0.4, 0.5) is 0 Å². The van der Waals surface area contributed by atoms with E-state index in [-0.39, 0.29) is 0 Å². The molecular formula is C20H29NO. The van der Waals surface area contributed by atoms with Crippen LogP contribution in [0.5, 0.6) is 5.75 Å². The maximum absolute atomic E-state index is 5.33. The Balaban J connectivity index is 1.42. The predicted molar refractivity (Wildman–Crippen MR) is 89.9 cm³/mol. The van der Waals surface area contributed by atoms with Gasteiger partial charge in [0, 0.05) is 12.6 Å². The summed E-state index contributed by atoms with van der Waals surface area (Å²) in [6.07, 6.45) is 9.02. The minimum absolute atomic E-state index is 0.591. The Morgan fingerprint density at radius 1 is 1.14 bits per heavy atom. The Hall–Kier alpha value is -1.02. The van der Waals surface area contributed by atoms with Crippen molar-refractivity contribution in [3.05, 3.63) is 29.8 Å². The lowest BCUT2D eigenvalue weighted by Crippen LogP contribution is -2.54. The molecule has 1 N–H and O–H groups in total. The average Bonchev–Trinajstić information content (AvgIpc) is 2.51. The Morgan fingerprint density at radius 2 is 1.77 bits per heavy atom. The van der Waals surface area contributed by atoms with Gasteiger partial charge in [-0.2, -0.15) is 0 Å². The van der Waals surface area contributed by atoms with E-state index in [1.165, 1.54) is 44.1 Å².